The molecule has 0 aliphatic heterocycles. The van der Waals surface area contributed by atoms with Crippen LogP contribution in [0.2, 0.25) is 0 Å². The minimum absolute atomic E-state index is 0.0249. The zero-order chi connectivity index (χ0) is 17.9. The Morgan fingerprint density at radius 2 is 1.96 bits per heavy atom. The molecular formula is C21H21N3O2. The number of rotatable bonds is 5. The van der Waals surface area contributed by atoms with Crippen LogP contribution in [0.15, 0.2) is 65.3 Å². The molecule has 2 unspecified atom stereocenters. The fraction of sp³-hybridized carbons (Fsp3) is 0.238. The molecule has 1 heterocycles. The molecule has 3 aromatic rings. The minimum Gasteiger partial charge on any atom is -0.446 e. The summed E-state index contributed by atoms with van der Waals surface area (Å²) in [6.07, 6.45) is 3.88. The van der Waals surface area contributed by atoms with Crippen LogP contribution in [0.25, 0.3) is 0 Å². The maximum absolute atomic E-state index is 12.5. The molecule has 132 valence electrons. The van der Waals surface area contributed by atoms with Gasteiger partial charge in [0, 0.05) is 0 Å². The van der Waals surface area contributed by atoms with E-state index in [0.29, 0.717) is 12.3 Å². The van der Waals surface area contributed by atoms with Crippen LogP contribution in [0.3, 0.4) is 0 Å². The molecule has 1 aromatic heterocycles. The Kier molecular flexibility index (Phi) is 4.54. The summed E-state index contributed by atoms with van der Waals surface area (Å²) in [6, 6.07) is 17.8. The molecule has 0 saturated carbocycles. The highest BCUT2D eigenvalue weighted by Gasteiger charge is 2.25. The van der Waals surface area contributed by atoms with Gasteiger partial charge in [-0.1, -0.05) is 54.6 Å². The Morgan fingerprint density at radius 1 is 1.19 bits per heavy atom. The number of amides is 1. The summed E-state index contributed by atoms with van der Waals surface area (Å²) in [7, 11) is 0. The fourth-order valence-corrected chi connectivity index (χ4v) is 3.46. The zero-order valence-corrected chi connectivity index (χ0v) is 14.4. The lowest BCUT2D eigenvalue weighted by Gasteiger charge is -2.12. The van der Waals surface area contributed by atoms with Gasteiger partial charge in [0.15, 0.2) is 5.69 Å². The van der Waals surface area contributed by atoms with Gasteiger partial charge in [0.05, 0.1) is 12.1 Å². The predicted octanol–water partition coefficient (Wildman–Crippen LogP) is 3.33. The maximum Gasteiger partial charge on any atom is 0.273 e. The number of nitrogens with two attached hydrogens (primary N) is 1. The Balaban J connectivity index is 1.42. The molecule has 5 heteroatoms. The van der Waals surface area contributed by atoms with E-state index in [0.717, 1.165) is 18.4 Å². The highest BCUT2D eigenvalue weighted by atomic mass is 16.3. The first-order chi connectivity index (χ1) is 12.7. The van der Waals surface area contributed by atoms with Gasteiger partial charge >= 0.3 is 0 Å². The van der Waals surface area contributed by atoms with E-state index in [2.05, 4.69) is 22.4 Å². The molecule has 3 N–H and O–H groups in total. The maximum atomic E-state index is 12.5. The van der Waals surface area contributed by atoms with Crippen molar-refractivity contribution in [3.05, 3.63) is 89.1 Å². The van der Waals surface area contributed by atoms with Gasteiger partial charge in [0.1, 0.15) is 6.26 Å². The van der Waals surface area contributed by atoms with Crippen molar-refractivity contribution < 1.29 is 9.21 Å². The van der Waals surface area contributed by atoms with Gasteiger partial charge in [-0.15, -0.1) is 0 Å². The normalized spacial score (nSPS) is 16.9. The molecule has 1 aliphatic carbocycles. The van der Waals surface area contributed by atoms with Crippen molar-refractivity contribution >= 4 is 5.91 Å². The van der Waals surface area contributed by atoms with Crippen molar-refractivity contribution in [1.29, 1.82) is 0 Å². The van der Waals surface area contributed by atoms with E-state index in [4.69, 9.17) is 10.2 Å². The number of nitrogens with zero attached hydrogens (tertiary/aromatic N) is 1. The van der Waals surface area contributed by atoms with E-state index in [1.807, 2.05) is 42.5 Å². The summed E-state index contributed by atoms with van der Waals surface area (Å²) in [4.78, 5) is 16.8. The Bertz CT molecular complexity index is 904. The third-order valence-corrected chi connectivity index (χ3v) is 4.81. The van der Waals surface area contributed by atoms with Gasteiger partial charge in [0.2, 0.25) is 5.89 Å². The third-order valence-electron chi connectivity index (χ3n) is 4.81. The van der Waals surface area contributed by atoms with Crippen LogP contribution in [-0.4, -0.2) is 10.9 Å². The number of oxazole rings is 1. The van der Waals surface area contributed by atoms with Crippen molar-refractivity contribution in [3.63, 3.8) is 0 Å². The molecule has 2 aromatic carbocycles. The minimum atomic E-state index is -0.383. The molecule has 0 saturated heterocycles. The van der Waals surface area contributed by atoms with E-state index in [1.54, 1.807) is 0 Å². The van der Waals surface area contributed by atoms with Crippen LogP contribution >= 0.6 is 0 Å². The standard InChI is InChI=1S/C21H21N3O2/c22-17(12-14-6-2-1-3-7-14)21-24-19(13-26-21)20(25)23-18-11-10-15-8-4-5-9-16(15)18/h1-9,13,17-18H,10-12,22H2,(H,23,25). The van der Waals surface area contributed by atoms with Crippen molar-refractivity contribution in [1.82, 2.24) is 10.3 Å². The molecule has 0 radical (unpaired) electrons. The van der Waals surface area contributed by atoms with Crippen LogP contribution in [-0.2, 0) is 12.8 Å². The first-order valence-corrected chi connectivity index (χ1v) is 8.84. The average molecular weight is 347 g/mol. The molecule has 26 heavy (non-hydrogen) atoms. The topological polar surface area (TPSA) is 81.1 Å². The summed E-state index contributed by atoms with van der Waals surface area (Å²) < 4.78 is 5.46. The van der Waals surface area contributed by atoms with E-state index in [-0.39, 0.29) is 23.7 Å². The van der Waals surface area contributed by atoms with Crippen LogP contribution in [0, 0.1) is 0 Å². The number of carbonyl (C=O) groups excluding carboxylic acids is 1. The molecule has 0 bridgehead atoms. The van der Waals surface area contributed by atoms with E-state index >= 15 is 0 Å². The van der Waals surface area contributed by atoms with Crippen LogP contribution in [0.4, 0.5) is 0 Å². The van der Waals surface area contributed by atoms with Crippen molar-refractivity contribution in [2.45, 2.75) is 31.3 Å². The van der Waals surface area contributed by atoms with Crippen LogP contribution in [0.1, 0.15) is 51.6 Å². The van der Waals surface area contributed by atoms with Gasteiger partial charge < -0.3 is 15.5 Å². The van der Waals surface area contributed by atoms with Gasteiger partial charge in [-0.25, -0.2) is 4.98 Å². The monoisotopic (exact) mass is 347 g/mol. The van der Waals surface area contributed by atoms with Crippen LogP contribution in [0.5, 0.6) is 0 Å². The Morgan fingerprint density at radius 3 is 2.81 bits per heavy atom. The fourth-order valence-electron chi connectivity index (χ4n) is 3.46. The highest BCUT2D eigenvalue weighted by molar-refractivity contribution is 5.92. The number of aromatic nitrogens is 1. The average Bonchev–Trinajstić information content (AvgIpc) is 3.30. The largest absolute Gasteiger partial charge is 0.446 e. The second kappa shape index (κ2) is 7.14. The number of aryl methyl sites for hydroxylation is 1. The lowest BCUT2D eigenvalue weighted by molar-refractivity contribution is 0.0931. The second-order valence-electron chi connectivity index (χ2n) is 6.63. The van der Waals surface area contributed by atoms with Crippen molar-refractivity contribution in [3.8, 4) is 0 Å². The van der Waals surface area contributed by atoms with Gasteiger partial charge in [-0.2, -0.15) is 0 Å². The predicted molar refractivity (Wildman–Crippen MR) is 98.5 cm³/mol. The van der Waals surface area contributed by atoms with E-state index in [1.165, 1.54) is 17.4 Å². The zero-order valence-electron chi connectivity index (χ0n) is 14.4. The quantitative estimate of drug-likeness (QED) is 0.742. The van der Waals surface area contributed by atoms with E-state index < -0.39 is 0 Å². The summed E-state index contributed by atoms with van der Waals surface area (Å²) in [5, 5.41) is 3.05. The lowest BCUT2D eigenvalue weighted by atomic mass is 10.1. The number of nitrogens with one attached hydrogen (secondary N) is 1. The molecule has 5 nitrogen and oxygen atoms in total. The summed E-state index contributed by atoms with van der Waals surface area (Å²) >= 11 is 0. The SMILES string of the molecule is NC(Cc1ccccc1)c1nc(C(=O)NC2CCc3ccccc32)co1. The first-order valence-electron chi connectivity index (χ1n) is 8.84. The number of benzene rings is 2. The number of hydrogen-bond acceptors (Lipinski definition) is 4. The molecule has 0 spiro atoms. The van der Waals surface area contributed by atoms with Gasteiger partial charge in [-0.05, 0) is 36.0 Å². The first kappa shape index (κ1) is 16.5. The van der Waals surface area contributed by atoms with Crippen molar-refractivity contribution in [2.75, 3.05) is 0 Å². The highest BCUT2D eigenvalue weighted by Crippen LogP contribution is 2.30. The number of hydrogen-bond donors (Lipinski definition) is 2. The lowest BCUT2D eigenvalue weighted by Crippen LogP contribution is -2.27. The second-order valence-corrected chi connectivity index (χ2v) is 6.63. The smallest absolute Gasteiger partial charge is 0.273 e. The van der Waals surface area contributed by atoms with Crippen LogP contribution < -0.4 is 11.1 Å². The molecule has 1 amide bonds. The summed E-state index contributed by atoms with van der Waals surface area (Å²) in [5.41, 5.74) is 10.0. The van der Waals surface area contributed by atoms with Gasteiger partial charge in [-0.3, -0.25) is 4.79 Å². The number of fused-ring (bicyclic) bond motifs is 1. The molecule has 0 fully saturated rings. The molecule has 4 rings (SSSR count). The summed E-state index contributed by atoms with van der Waals surface area (Å²) in [6.45, 7) is 0. The molecule has 2 atom stereocenters. The van der Waals surface area contributed by atoms with E-state index in [9.17, 15) is 4.79 Å². The van der Waals surface area contributed by atoms with Gasteiger partial charge in [0.25, 0.3) is 5.91 Å². The van der Waals surface area contributed by atoms with Crippen molar-refractivity contribution in [2.24, 2.45) is 5.73 Å². The molecule has 1 aliphatic rings. The Labute approximate surface area is 152 Å². The summed E-state index contributed by atoms with van der Waals surface area (Å²) in [5.74, 6) is 0.152. The Hall–Kier alpha value is -2.92. The number of carbonyl (C=O) groups is 1. The molecular weight excluding hydrogens is 326 g/mol. The third kappa shape index (κ3) is 3.39.